The van der Waals surface area contributed by atoms with Gasteiger partial charge >= 0.3 is 0 Å². The molecule has 0 aliphatic rings. The lowest BCUT2D eigenvalue weighted by molar-refractivity contribution is 0.866. The fourth-order valence-electron chi connectivity index (χ4n) is 1.87. The molecule has 0 unspecified atom stereocenters. The van der Waals surface area contributed by atoms with Crippen molar-refractivity contribution in [1.82, 2.24) is 9.97 Å². The summed E-state index contributed by atoms with van der Waals surface area (Å²) in [6.45, 7) is 4.33. The van der Waals surface area contributed by atoms with Gasteiger partial charge in [-0.3, -0.25) is 0 Å². The van der Waals surface area contributed by atoms with Gasteiger partial charge in [0.05, 0.1) is 6.20 Å². The molecule has 0 fully saturated rings. The molecule has 1 aromatic carbocycles. The van der Waals surface area contributed by atoms with E-state index in [0.717, 1.165) is 5.69 Å². The highest BCUT2D eigenvalue weighted by atomic mass is 15.2. The van der Waals surface area contributed by atoms with Crippen molar-refractivity contribution in [2.45, 2.75) is 19.8 Å². The van der Waals surface area contributed by atoms with Crippen molar-refractivity contribution in [3.63, 3.8) is 0 Å². The van der Waals surface area contributed by atoms with Gasteiger partial charge in [0.2, 0.25) is 0 Å². The smallest absolute Gasteiger partial charge is 0.154 e. The number of nitriles is 1. The maximum atomic E-state index is 9.07. The van der Waals surface area contributed by atoms with Crippen LogP contribution in [0, 0.1) is 11.3 Å². The zero-order valence-corrected chi connectivity index (χ0v) is 11.3. The third kappa shape index (κ3) is 2.71. The molecule has 0 atom stereocenters. The van der Waals surface area contributed by atoms with Crippen LogP contribution in [0.5, 0.6) is 0 Å². The predicted octanol–water partition coefficient (Wildman–Crippen LogP) is 3.24. The van der Waals surface area contributed by atoms with E-state index in [2.05, 4.69) is 42.0 Å². The van der Waals surface area contributed by atoms with Gasteiger partial charge in [0, 0.05) is 12.7 Å². The van der Waals surface area contributed by atoms with Crippen LogP contribution < -0.4 is 4.90 Å². The monoisotopic (exact) mass is 252 g/mol. The molecule has 0 amide bonds. The first-order valence-electron chi connectivity index (χ1n) is 6.17. The van der Waals surface area contributed by atoms with Gasteiger partial charge < -0.3 is 4.90 Å². The fraction of sp³-hybridized carbons (Fsp3) is 0.267. The van der Waals surface area contributed by atoms with Crippen molar-refractivity contribution in [2.24, 2.45) is 0 Å². The van der Waals surface area contributed by atoms with E-state index in [9.17, 15) is 0 Å². The van der Waals surface area contributed by atoms with Crippen LogP contribution in [0.4, 0.5) is 11.5 Å². The van der Waals surface area contributed by atoms with E-state index in [4.69, 9.17) is 5.26 Å². The Bertz CT molecular complexity index is 596. The first-order valence-corrected chi connectivity index (χ1v) is 6.17. The average molecular weight is 252 g/mol. The highest BCUT2D eigenvalue weighted by Gasteiger charge is 2.11. The predicted molar refractivity (Wildman–Crippen MR) is 75.3 cm³/mol. The summed E-state index contributed by atoms with van der Waals surface area (Å²) in [7, 11) is 1.90. The van der Waals surface area contributed by atoms with Gasteiger partial charge in [-0.2, -0.15) is 5.26 Å². The molecule has 0 radical (unpaired) electrons. The van der Waals surface area contributed by atoms with E-state index in [0.29, 0.717) is 17.3 Å². The minimum atomic E-state index is 0.470. The van der Waals surface area contributed by atoms with E-state index in [1.807, 2.05) is 24.1 Å². The summed E-state index contributed by atoms with van der Waals surface area (Å²) >= 11 is 0. The molecule has 0 aliphatic carbocycles. The topological polar surface area (TPSA) is 52.8 Å². The number of aromatic nitrogens is 2. The normalized spacial score (nSPS) is 10.3. The lowest BCUT2D eigenvalue weighted by Crippen LogP contribution is -2.13. The number of hydrogen-bond acceptors (Lipinski definition) is 4. The Morgan fingerprint density at radius 2 is 1.89 bits per heavy atom. The van der Waals surface area contributed by atoms with Crippen LogP contribution in [-0.2, 0) is 0 Å². The second-order valence-corrected chi connectivity index (χ2v) is 4.68. The molecule has 96 valence electrons. The molecule has 2 aromatic rings. The van der Waals surface area contributed by atoms with Gasteiger partial charge in [-0.15, -0.1) is 0 Å². The Morgan fingerprint density at radius 3 is 2.47 bits per heavy atom. The minimum Gasteiger partial charge on any atom is -0.328 e. The Kier molecular flexibility index (Phi) is 3.76. The minimum absolute atomic E-state index is 0.470. The molecule has 0 saturated carbocycles. The van der Waals surface area contributed by atoms with Crippen LogP contribution in [0.2, 0.25) is 0 Å². The summed E-state index contributed by atoms with van der Waals surface area (Å²) in [4.78, 5) is 9.94. The molecule has 0 saturated heterocycles. The fourth-order valence-corrected chi connectivity index (χ4v) is 1.87. The lowest BCUT2D eigenvalue weighted by Gasteiger charge is -2.19. The standard InChI is InChI=1S/C15H16N4/c1-11(2)12-4-6-14(7-5-12)19(3)15-13(8-16)9-17-10-18-15/h4-7,9-11H,1-3H3. The summed E-state index contributed by atoms with van der Waals surface area (Å²) in [5, 5.41) is 9.07. The number of hydrogen-bond donors (Lipinski definition) is 0. The van der Waals surface area contributed by atoms with Gasteiger partial charge in [0.15, 0.2) is 5.82 Å². The zero-order chi connectivity index (χ0) is 13.8. The molecule has 0 N–H and O–H groups in total. The van der Waals surface area contributed by atoms with Crippen molar-refractivity contribution >= 4 is 11.5 Å². The first kappa shape index (κ1) is 13.0. The molecular formula is C15H16N4. The second kappa shape index (κ2) is 5.49. The summed E-state index contributed by atoms with van der Waals surface area (Å²) in [6, 6.07) is 10.4. The first-order chi connectivity index (χ1) is 9.13. The van der Waals surface area contributed by atoms with Crippen molar-refractivity contribution in [2.75, 3.05) is 11.9 Å². The number of rotatable bonds is 3. The van der Waals surface area contributed by atoms with Gasteiger partial charge in [0.25, 0.3) is 0 Å². The molecular weight excluding hydrogens is 236 g/mol. The third-order valence-electron chi connectivity index (χ3n) is 3.08. The molecule has 4 heteroatoms. The highest BCUT2D eigenvalue weighted by molar-refractivity contribution is 5.64. The maximum Gasteiger partial charge on any atom is 0.154 e. The maximum absolute atomic E-state index is 9.07. The van der Waals surface area contributed by atoms with Crippen molar-refractivity contribution < 1.29 is 0 Å². The highest BCUT2D eigenvalue weighted by Crippen LogP contribution is 2.25. The van der Waals surface area contributed by atoms with Crippen molar-refractivity contribution in [3.05, 3.63) is 47.9 Å². The lowest BCUT2D eigenvalue weighted by atomic mass is 10.0. The van der Waals surface area contributed by atoms with Gasteiger partial charge in [-0.1, -0.05) is 26.0 Å². The number of benzene rings is 1. The zero-order valence-electron chi connectivity index (χ0n) is 11.3. The molecule has 0 spiro atoms. The largest absolute Gasteiger partial charge is 0.328 e. The van der Waals surface area contributed by atoms with Crippen LogP contribution in [-0.4, -0.2) is 17.0 Å². The molecule has 1 heterocycles. The average Bonchev–Trinajstić information content (AvgIpc) is 2.46. The summed E-state index contributed by atoms with van der Waals surface area (Å²) in [6.07, 6.45) is 2.98. The van der Waals surface area contributed by atoms with Gasteiger partial charge in [0.1, 0.15) is 18.0 Å². The van der Waals surface area contributed by atoms with E-state index < -0.39 is 0 Å². The van der Waals surface area contributed by atoms with Crippen molar-refractivity contribution in [1.29, 1.82) is 5.26 Å². The number of anilines is 2. The Labute approximate surface area is 113 Å². The Balaban J connectivity index is 2.34. The third-order valence-corrected chi connectivity index (χ3v) is 3.08. The molecule has 0 aliphatic heterocycles. The van der Waals surface area contributed by atoms with Crippen LogP contribution in [0.3, 0.4) is 0 Å². The second-order valence-electron chi connectivity index (χ2n) is 4.68. The Morgan fingerprint density at radius 1 is 1.21 bits per heavy atom. The SMILES string of the molecule is CC(C)c1ccc(N(C)c2ncncc2C#N)cc1. The van der Waals surface area contributed by atoms with E-state index >= 15 is 0 Å². The van der Waals surface area contributed by atoms with E-state index in [1.165, 1.54) is 18.1 Å². The van der Waals surface area contributed by atoms with Gasteiger partial charge in [-0.25, -0.2) is 9.97 Å². The molecule has 19 heavy (non-hydrogen) atoms. The summed E-state index contributed by atoms with van der Waals surface area (Å²) < 4.78 is 0. The Hall–Kier alpha value is -2.41. The van der Waals surface area contributed by atoms with E-state index in [-0.39, 0.29) is 0 Å². The van der Waals surface area contributed by atoms with Crippen molar-refractivity contribution in [3.8, 4) is 6.07 Å². The van der Waals surface area contributed by atoms with Crippen LogP contribution >= 0.6 is 0 Å². The molecule has 1 aromatic heterocycles. The summed E-state index contributed by atoms with van der Waals surface area (Å²) in [5.74, 6) is 1.13. The van der Waals surface area contributed by atoms with Crippen LogP contribution in [0.15, 0.2) is 36.8 Å². The van der Waals surface area contributed by atoms with Crippen LogP contribution in [0.25, 0.3) is 0 Å². The van der Waals surface area contributed by atoms with Crippen LogP contribution in [0.1, 0.15) is 30.9 Å². The molecule has 2 rings (SSSR count). The van der Waals surface area contributed by atoms with Gasteiger partial charge in [-0.05, 0) is 23.6 Å². The quantitative estimate of drug-likeness (QED) is 0.841. The molecule has 4 nitrogen and oxygen atoms in total. The number of nitrogens with zero attached hydrogens (tertiary/aromatic N) is 4. The van der Waals surface area contributed by atoms with E-state index in [1.54, 1.807) is 0 Å². The summed E-state index contributed by atoms with van der Waals surface area (Å²) in [5.41, 5.74) is 2.76. The molecule has 0 bridgehead atoms.